The Morgan fingerprint density at radius 2 is 2.20 bits per heavy atom. The van der Waals surface area contributed by atoms with E-state index in [0.29, 0.717) is 5.71 Å². The first-order valence-corrected chi connectivity index (χ1v) is 8.55. The molecule has 1 aromatic rings. The number of carbonyl (C=O) groups is 1. The maximum Gasteiger partial charge on any atom is 0.254 e. The predicted octanol–water partition coefficient (Wildman–Crippen LogP) is 1.37. The second-order valence-corrected chi connectivity index (χ2v) is 6.14. The fourth-order valence-electron chi connectivity index (χ4n) is 3.13. The van der Waals surface area contributed by atoms with E-state index in [4.69, 9.17) is 0 Å². The Balaban J connectivity index is 1.88. The molecule has 1 unspecified atom stereocenters. The highest BCUT2D eigenvalue weighted by Crippen LogP contribution is 2.22. The molecule has 0 aliphatic carbocycles. The van der Waals surface area contributed by atoms with Crippen LogP contribution in [0.25, 0.3) is 6.08 Å². The number of nitrogens with zero attached hydrogens (tertiary/aromatic N) is 2. The molecular formula is C18H24N6O. The van der Waals surface area contributed by atoms with Gasteiger partial charge in [-0.05, 0) is 50.6 Å². The molecule has 0 bridgehead atoms. The molecule has 0 saturated carbocycles. The van der Waals surface area contributed by atoms with Crippen molar-refractivity contribution in [3.63, 3.8) is 0 Å². The van der Waals surface area contributed by atoms with Gasteiger partial charge in [-0.3, -0.25) is 9.79 Å². The molecule has 7 heteroatoms. The number of carbonyl (C=O) groups excluding carboxylic acids is 1. The van der Waals surface area contributed by atoms with E-state index in [-0.39, 0.29) is 5.91 Å². The summed E-state index contributed by atoms with van der Waals surface area (Å²) in [6.07, 6.45) is 8.00. The van der Waals surface area contributed by atoms with Crippen molar-refractivity contribution in [3.05, 3.63) is 40.6 Å². The topological polar surface area (TPSA) is 93.7 Å². The summed E-state index contributed by atoms with van der Waals surface area (Å²) in [5, 5.41) is 10.4. The van der Waals surface area contributed by atoms with Gasteiger partial charge in [0, 0.05) is 30.0 Å². The SMILES string of the molecule is CCNCCc1c(C)[nH]c(C=C2NC=CN=C2C2C=NNC2=O)c1C. The van der Waals surface area contributed by atoms with Gasteiger partial charge in [0.05, 0.1) is 11.4 Å². The largest absolute Gasteiger partial charge is 0.359 e. The third-order valence-electron chi connectivity index (χ3n) is 4.50. The zero-order valence-electron chi connectivity index (χ0n) is 14.8. The molecule has 3 heterocycles. The van der Waals surface area contributed by atoms with Gasteiger partial charge in [-0.1, -0.05) is 6.92 Å². The molecule has 7 nitrogen and oxygen atoms in total. The maximum atomic E-state index is 11.9. The molecule has 0 aromatic carbocycles. The number of aryl methyl sites for hydroxylation is 1. The number of likely N-dealkylation sites (N-methyl/N-ethyl adjacent to an activating group) is 1. The van der Waals surface area contributed by atoms with E-state index in [9.17, 15) is 4.79 Å². The molecule has 0 fully saturated rings. The number of nitrogens with one attached hydrogen (secondary N) is 4. The van der Waals surface area contributed by atoms with Crippen LogP contribution in [0.5, 0.6) is 0 Å². The van der Waals surface area contributed by atoms with Crippen LogP contribution in [0.3, 0.4) is 0 Å². The third-order valence-corrected chi connectivity index (χ3v) is 4.50. The lowest BCUT2D eigenvalue weighted by atomic mass is 9.99. The van der Waals surface area contributed by atoms with Gasteiger partial charge in [0.15, 0.2) is 0 Å². The monoisotopic (exact) mass is 340 g/mol. The van der Waals surface area contributed by atoms with Gasteiger partial charge in [-0.15, -0.1) is 0 Å². The minimum atomic E-state index is -0.465. The number of H-pyrrole nitrogens is 1. The first-order chi connectivity index (χ1) is 12.1. The number of aromatic nitrogens is 1. The molecular weight excluding hydrogens is 316 g/mol. The van der Waals surface area contributed by atoms with Crippen LogP contribution >= 0.6 is 0 Å². The Hall–Kier alpha value is -2.67. The van der Waals surface area contributed by atoms with Crippen molar-refractivity contribution in [3.8, 4) is 0 Å². The minimum Gasteiger partial charge on any atom is -0.359 e. The average molecular weight is 340 g/mol. The Morgan fingerprint density at radius 1 is 1.36 bits per heavy atom. The lowest BCUT2D eigenvalue weighted by Gasteiger charge is -2.16. The van der Waals surface area contributed by atoms with E-state index in [0.717, 1.165) is 30.9 Å². The van der Waals surface area contributed by atoms with Crippen LogP contribution < -0.4 is 16.1 Å². The van der Waals surface area contributed by atoms with Gasteiger partial charge >= 0.3 is 0 Å². The van der Waals surface area contributed by atoms with Gasteiger partial charge in [0.25, 0.3) is 5.91 Å². The van der Waals surface area contributed by atoms with Crippen molar-refractivity contribution in [1.82, 2.24) is 21.0 Å². The Morgan fingerprint density at radius 3 is 2.92 bits per heavy atom. The molecule has 1 aromatic heterocycles. The second-order valence-electron chi connectivity index (χ2n) is 6.14. The van der Waals surface area contributed by atoms with Crippen LogP contribution in [0, 0.1) is 19.8 Å². The smallest absolute Gasteiger partial charge is 0.254 e. The third kappa shape index (κ3) is 3.56. The molecule has 3 rings (SSSR count). The number of hydrazone groups is 1. The molecule has 4 N–H and O–H groups in total. The lowest BCUT2D eigenvalue weighted by molar-refractivity contribution is -0.120. The summed E-state index contributed by atoms with van der Waals surface area (Å²) >= 11 is 0. The molecule has 132 valence electrons. The zero-order valence-corrected chi connectivity index (χ0v) is 14.8. The van der Waals surface area contributed by atoms with Gasteiger partial charge in [-0.2, -0.15) is 5.10 Å². The van der Waals surface area contributed by atoms with Gasteiger partial charge < -0.3 is 15.6 Å². The quantitative estimate of drug-likeness (QED) is 0.589. The summed E-state index contributed by atoms with van der Waals surface area (Å²) in [6, 6.07) is 0. The number of hydrogen-bond donors (Lipinski definition) is 4. The van der Waals surface area contributed by atoms with Crippen molar-refractivity contribution in [1.29, 1.82) is 0 Å². The number of amides is 1. The van der Waals surface area contributed by atoms with Crippen molar-refractivity contribution in [2.24, 2.45) is 16.0 Å². The van der Waals surface area contributed by atoms with E-state index >= 15 is 0 Å². The molecule has 2 aliphatic rings. The Bertz CT molecular complexity index is 784. The van der Waals surface area contributed by atoms with Gasteiger partial charge in [0.1, 0.15) is 5.92 Å². The van der Waals surface area contributed by atoms with E-state index in [1.807, 2.05) is 6.08 Å². The fourth-order valence-corrected chi connectivity index (χ4v) is 3.13. The number of hydrogen-bond acceptors (Lipinski definition) is 5. The Labute approximate surface area is 147 Å². The van der Waals surface area contributed by atoms with Crippen LogP contribution in [0.2, 0.25) is 0 Å². The van der Waals surface area contributed by atoms with Crippen LogP contribution in [-0.4, -0.2) is 35.9 Å². The van der Waals surface area contributed by atoms with Gasteiger partial charge in [-0.25, -0.2) is 5.43 Å². The van der Waals surface area contributed by atoms with Crippen LogP contribution in [0.1, 0.15) is 29.4 Å². The average Bonchev–Trinajstić information content (AvgIpc) is 3.14. The van der Waals surface area contributed by atoms with Crippen molar-refractivity contribution in [2.75, 3.05) is 13.1 Å². The summed E-state index contributed by atoms with van der Waals surface area (Å²) < 4.78 is 0. The molecule has 1 atom stereocenters. The van der Waals surface area contributed by atoms with Crippen molar-refractivity contribution < 1.29 is 4.79 Å². The van der Waals surface area contributed by atoms with E-state index < -0.39 is 5.92 Å². The normalized spacial score (nSPS) is 20.8. The second kappa shape index (κ2) is 7.48. The van der Waals surface area contributed by atoms with E-state index in [1.54, 1.807) is 18.6 Å². The predicted molar refractivity (Wildman–Crippen MR) is 100 cm³/mol. The highest BCUT2D eigenvalue weighted by molar-refractivity contribution is 6.24. The maximum absolute atomic E-state index is 11.9. The van der Waals surface area contributed by atoms with Crippen molar-refractivity contribution >= 4 is 23.9 Å². The number of rotatable bonds is 6. The molecule has 0 radical (unpaired) electrons. The summed E-state index contributed by atoms with van der Waals surface area (Å²) in [7, 11) is 0. The molecule has 25 heavy (non-hydrogen) atoms. The zero-order chi connectivity index (χ0) is 17.8. The standard InChI is InChI=1S/C18H24N6O/c1-4-19-6-5-13-11(2)15(23-12(13)3)9-16-17(21-8-7-20-16)14-10-22-24-18(14)25/h7-10,14,19-20,23H,4-6H2,1-3H3,(H,24,25). The van der Waals surface area contributed by atoms with E-state index in [1.165, 1.54) is 16.8 Å². The highest BCUT2D eigenvalue weighted by atomic mass is 16.2. The molecule has 0 spiro atoms. The lowest BCUT2D eigenvalue weighted by Crippen LogP contribution is -2.32. The minimum absolute atomic E-state index is 0.160. The first kappa shape index (κ1) is 17.2. The first-order valence-electron chi connectivity index (χ1n) is 8.55. The highest BCUT2D eigenvalue weighted by Gasteiger charge is 2.29. The Kier molecular flexibility index (Phi) is 5.14. The summed E-state index contributed by atoms with van der Waals surface area (Å²) in [4.78, 5) is 19.8. The van der Waals surface area contributed by atoms with Gasteiger partial charge in [0.2, 0.25) is 0 Å². The number of aliphatic imine (C=N–C) groups is 1. The number of allylic oxidation sites excluding steroid dienone is 1. The van der Waals surface area contributed by atoms with Crippen LogP contribution in [0.4, 0.5) is 0 Å². The molecule has 1 amide bonds. The van der Waals surface area contributed by atoms with Crippen LogP contribution in [-0.2, 0) is 11.2 Å². The molecule has 0 saturated heterocycles. The summed E-state index contributed by atoms with van der Waals surface area (Å²) in [5.41, 5.74) is 8.70. The van der Waals surface area contributed by atoms with Crippen molar-refractivity contribution in [2.45, 2.75) is 27.2 Å². The molecule has 2 aliphatic heterocycles. The summed E-state index contributed by atoms with van der Waals surface area (Å²) in [5.74, 6) is -0.624. The fraction of sp³-hybridized carbons (Fsp3) is 0.389. The number of aromatic amines is 1. The van der Waals surface area contributed by atoms with Crippen LogP contribution in [0.15, 0.2) is 28.2 Å². The van der Waals surface area contributed by atoms with E-state index in [2.05, 4.69) is 51.9 Å². The summed E-state index contributed by atoms with van der Waals surface area (Å²) in [6.45, 7) is 8.25.